The Balaban J connectivity index is 1.14. The van der Waals surface area contributed by atoms with Gasteiger partial charge in [0.1, 0.15) is 11.7 Å². The lowest BCUT2D eigenvalue weighted by molar-refractivity contribution is -0.146. The van der Waals surface area contributed by atoms with Crippen LogP contribution in [0.25, 0.3) is 0 Å². The SMILES string of the molecule is CC1CCCC2(C)CC3OC(=O)C(CN4CC5CC(C4)c4cccc(=O)n4C5)C3C3OC132. The van der Waals surface area contributed by atoms with Crippen LogP contribution in [0.4, 0.5) is 0 Å². The van der Waals surface area contributed by atoms with Crippen molar-refractivity contribution in [2.45, 2.75) is 76.2 Å². The molecular weight excluding hydrogens is 404 g/mol. The van der Waals surface area contributed by atoms with Crippen LogP contribution in [0, 0.1) is 29.1 Å². The van der Waals surface area contributed by atoms with Gasteiger partial charge in [0.15, 0.2) is 0 Å². The monoisotopic (exact) mass is 438 g/mol. The molecule has 32 heavy (non-hydrogen) atoms. The Morgan fingerprint density at radius 3 is 2.94 bits per heavy atom. The normalized spacial score (nSPS) is 48.8. The van der Waals surface area contributed by atoms with Gasteiger partial charge in [0, 0.05) is 55.2 Å². The van der Waals surface area contributed by atoms with Gasteiger partial charge >= 0.3 is 5.97 Å². The number of epoxide rings is 1. The molecule has 2 saturated carbocycles. The van der Waals surface area contributed by atoms with E-state index in [1.165, 1.54) is 25.0 Å². The first-order chi connectivity index (χ1) is 15.4. The smallest absolute Gasteiger partial charge is 0.311 e. The first-order valence-electron chi connectivity index (χ1n) is 12.7. The first-order valence-corrected chi connectivity index (χ1v) is 12.7. The number of ether oxygens (including phenoxy) is 2. The fourth-order valence-electron chi connectivity index (χ4n) is 8.87. The molecule has 0 radical (unpaired) electrons. The molecule has 172 valence electrons. The Morgan fingerprint density at radius 2 is 2.06 bits per heavy atom. The molecule has 3 saturated heterocycles. The standard InChI is InChI=1S/C26H34N2O4/c1-15-5-4-8-25(2)10-20-22(23-26(15,25)32-23)18(24(30)31-20)14-27-11-16-9-17(13-27)19-6-3-7-21(29)28(19)12-16/h3,6-7,15-18,20,22-23H,4-5,8-14H2,1-2H3. The summed E-state index contributed by atoms with van der Waals surface area (Å²) >= 11 is 0. The zero-order valence-corrected chi connectivity index (χ0v) is 19.2. The van der Waals surface area contributed by atoms with Crippen LogP contribution in [-0.4, -0.2) is 52.9 Å². The first kappa shape index (κ1) is 19.8. The Bertz CT molecular complexity index is 1040. The van der Waals surface area contributed by atoms with Crippen LogP contribution < -0.4 is 5.56 Å². The number of likely N-dealkylation sites (tertiary alicyclic amines) is 1. The van der Waals surface area contributed by atoms with E-state index in [9.17, 15) is 9.59 Å². The topological polar surface area (TPSA) is 64.1 Å². The number of carbonyl (C=O) groups is 1. The summed E-state index contributed by atoms with van der Waals surface area (Å²) in [6.45, 7) is 8.19. The highest BCUT2D eigenvalue weighted by Crippen LogP contribution is 2.70. The van der Waals surface area contributed by atoms with E-state index >= 15 is 0 Å². The van der Waals surface area contributed by atoms with Crippen molar-refractivity contribution >= 4 is 5.97 Å². The van der Waals surface area contributed by atoms with Crippen molar-refractivity contribution in [2.75, 3.05) is 19.6 Å². The summed E-state index contributed by atoms with van der Waals surface area (Å²) in [5, 5.41) is 0. The summed E-state index contributed by atoms with van der Waals surface area (Å²) in [4.78, 5) is 27.9. The molecule has 7 rings (SSSR count). The molecule has 6 heteroatoms. The lowest BCUT2D eigenvalue weighted by Crippen LogP contribution is -2.55. The lowest BCUT2D eigenvalue weighted by atomic mass is 9.53. The van der Waals surface area contributed by atoms with E-state index in [2.05, 4.69) is 24.8 Å². The van der Waals surface area contributed by atoms with E-state index in [4.69, 9.17) is 9.47 Å². The van der Waals surface area contributed by atoms with Crippen molar-refractivity contribution in [3.05, 3.63) is 34.2 Å². The second kappa shape index (κ2) is 6.47. The van der Waals surface area contributed by atoms with E-state index in [0.29, 0.717) is 17.8 Å². The highest BCUT2D eigenvalue weighted by atomic mass is 16.6. The number of pyridine rings is 1. The average molecular weight is 439 g/mol. The number of aromatic nitrogens is 1. The summed E-state index contributed by atoms with van der Waals surface area (Å²) in [5.74, 6) is 1.53. The number of esters is 1. The van der Waals surface area contributed by atoms with E-state index in [1.807, 2.05) is 10.6 Å². The van der Waals surface area contributed by atoms with Crippen LogP contribution in [-0.2, 0) is 20.8 Å². The molecule has 5 fully saturated rings. The number of fused-ring (bicyclic) bond motifs is 6. The van der Waals surface area contributed by atoms with Crippen LogP contribution in [0.1, 0.15) is 57.6 Å². The van der Waals surface area contributed by atoms with Gasteiger partial charge in [0.05, 0.1) is 12.0 Å². The number of rotatable bonds is 2. The van der Waals surface area contributed by atoms with Gasteiger partial charge in [-0.05, 0) is 43.6 Å². The third-order valence-electron chi connectivity index (χ3n) is 10.2. The van der Waals surface area contributed by atoms with Crippen LogP contribution in [0.5, 0.6) is 0 Å². The van der Waals surface area contributed by atoms with Crippen LogP contribution >= 0.6 is 0 Å². The lowest BCUT2D eigenvalue weighted by Gasteiger charge is -2.49. The molecule has 5 heterocycles. The molecule has 0 N–H and O–H groups in total. The van der Waals surface area contributed by atoms with Crippen molar-refractivity contribution in [3.8, 4) is 0 Å². The maximum Gasteiger partial charge on any atom is 0.311 e. The van der Waals surface area contributed by atoms with Crippen LogP contribution in [0.2, 0.25) is 0 Å². The molecule has 6 nitrogen and oxygen atoms in total. The average Bonchev–Trinajstić information content (AvgIpc) is 3.43. The second-order valence-corrected chi connectivity index (χ2v) is 12.0. The number of nitrogens with zero attached hydrogens (tertiary/aromatic N) is 2. The molecule has 2 bridgehead atoms. The molecule has 6 aliphatic rings. The zero-order valence-electron chi connectivity index (χ0n) is 19.2. The van der Waals surface area contributed by atoms with Gasteiger partial charge in [0.25, 0.3) is 5.56 Å². The quantitative estimate of drug-likeness (QED) is 0.525. The summed E-state index contributed by atoms with van der Waals surface area (Å²) < 4.78 is 14.6. The Labute approximate surface area is 189 Å². The second-order valence-electron chi connectivity index (χ2n) is 12.0. The molecule has 2 aliphatic carbocycles. The predicted octanol–water partition coefficient (Wildman–Crippen LogP) is 2.79. The fourth-order valence-corrected chi connectivity index (χ4v) is 8.87. The van der Waals surface area contributed by atoms with Gasteiger partial charge in [-0.1, -0.05) is 26.3 Å². The van der Waals surface area contributed by atoms with Crippen molar-refractivity contribution in [2.24, 2.45) is 29.1 Å². The van der Waals surface area contributed by atoms with Gasteiger partial charge < -0.3 is 18.9 Å². The van der Waals surface area contributed by atoms with Crippen LogP contribution in [0.15, 0.2) is 23.0 Å². The summed E-state index contributed by atoms with van der Waals surface area (Å²) in [5.41, 5.74) is 1.40. The van der Waals surface area contributed by atoms with Gasteiger partial charge in [-0.3, -0.25) is 9.59 Å². The number of hydrogen-bond acceptors (Lipinski definition) is 5. The minimum absolute atomic E-state index is 0.00657. The van der Waals surface area contributed by atoms with E-state index in [-0.39, 0.29) is 46.6 Å². The zero-order chi connectivity index (χ0) is 21.8. The van der Waals surface area contributed by atoms with Gasteiger partial charge in [-0.15, -0.1) is 0 Å². The number of hydrogen-bond donors (Lipinski definition) is 0. The molecule has 9 atom stereocenters. The molecule has 0 amide bonds. The van der Waals surface area contributed by atoms with Gasteiger partial charge in [-0.2, -0.15) is 0 Å². The van der Waals surface area contributed by atoms with E-state index in [0.717, 1.165) is 39.0 Å². The van der Waals surface area contributed by atoms with Crippen LogP contribution in [0.3, 0.4) is 0 Å². The number of piperidine rings is 1. The Kier molecular flexibility index (Phi) is 4.00. The minimum atomic E-state index is -0.0835. The largest absolute Gasteiger partial charge is 0.462 e. The molecule has 1 aromatic heterocycles. The molecule has 4 aliphatic heterocycles. The van der Waals surface area contributed by atoms with Crippen molar-refractivity contribution in [1.29, 1.82) is 0 Å². The third-order valence-corrected chi connectivity index (χ3v) is 10.2. The molecule has 1 aromatic rings. The van der Waals surface area contributed by atoms with Crippen molar-refractivity contribution in [1.82, 2.24) is 9.47 Å². The Hall–Kier alpha value is -1.66. The molecule has 9 unspecified atom stereocenters. The fraction of sp³-hybridized carbons (Fsp3) is 0.769. The van der Waals surface area contributed by atoms with Gasteiger partial charge in [0.2, 0.25) is 0 Å². The minimum Gasteiger partial charge on any atom is -0.462 e. The van der Waals surface area contributed by atoms with E-state index < -0.39 is 0 Å². The van der Waals surface area contributed by atoms with E-state index in [1.54, 1.807) is 6.07 Å². The molecule has 1 spiro atoms. The third kappa shape index (κ3) is 2.48. The van der Waals surface area contributed by atoms with Crippen molar-refractivity contribution in [3.63, 3.8) is 0 Å². The molecule has 0 aromatic carbocycles. The maximum absolute atomic E-state index is 13.1. The Morgan fingerprint density at radius 1 is 1.19 bits per heavy atom. The van der Waals surface area contributed by atoms with Gasteiger partial charge in [-0.25, -0.2) is 0 Å². The summed E-state index contributed by atoms with van der Waals surface area (Å²) in [6, 6.07) is 5.67. The highest BCUT2D eigenvalue weighted by molar-refractivity contribution is 5.76. The predicted molar refractivity (Wildman–Crippen MR) is 118 cm³/mol. The summed E-state index contributed by atoms with van der Waals surface area (Å²) in [6.07, 6.45) is 5.98. The van der Waals surface area contributed by atoms with Crippen molar-refractivity contribution < 1.29 is 14.3 Å². The number of carbonyl (C=O) groups excluding carboxylic acids is 1. The molecular formula is C26H34N2O4. The summed E-state index contributed by atoms with van der Waals surface area (Å²) in [7, 11) is 0. The highest BCUT2D eigenvalue weighted by Gasteiger charge is 2.78. The maximum atomic E-state index is 13.1.